The van der Waals surface area contributed by atoms with Crippen LogP contribution in [0.1, 0.15) is 36.9 Å². The molecule has 2 heteroatoms. The molecule has 0 bridgehead atoms. The van der Waals surface area contributed by atoms with Gasteiger partial charge in [0.25, 0.3) is 0 Å². The molecule has 2 rings (SSSR count). The molecule has 76 valence electrons. The van der Waals surface area contributed by atoms with Gasteiger partial charge in [0, 0.05) is 11.1 Å². The highest BCUT2D eigenvalue weighted by molar-refractivity contribution is 6.31. The lowest BCUT2D eigenvalue weighted by atomic mass is 9.92. The van der Waals surface area contributed by atoms with Gasteiger partial charge in [-0.05, 0) is 42.4 Å². The number of aryl methyl sites for hydroxylation is 1. The first-order valence-electron chi connectivity index (χ1n) is 5.04. The van der Waals surface area contributed by atoms with Crippen molar-refractivity contribution in [1.82, 2.24) is 0 Å². The first-order chi connectivity index (χ1) is 6.53. The van der Waals surface area contributed by atoms with E-state index in [0.29, 0.717) is 5.41 Å². The van der Waals surface area contributed by atoms with Gasteiger partial charge in [0.1, 0.15) is 0 Å². The van der Waals surface area contributed by atoms with Crippen LogP contribution < -0.4 is 5.73 Å². The summed E-state index contributed by atoms with van der Waals surface area (Å²) in [6.07, 6.45) is 2.47. The van der Waals surface area contributed by atoms with Gasteiger partial charge in [-0.2, -0.15) is 0 Å². The molecule has 0 amide bonds. The van der Waals surface area contributed by atoms with Gasteiger partial charge in [-0.25, -0.2) is 0 Å². The molecule has 0 aliphatic heterocycles. The van der Waals surface area contributed by atoms with Crippen LogP contribution in [0.4, 0.5) is 0 Å². The first kappa shape index (κ1) is 10.0. The van der Waals surface area contributed by atoms with E-state index >= 15 is 0 Å². The molecule has 0 saturated heterocycles. The summed E-state index contributed by atoms with van der Waals surface area (Å²) < 4.78 is 0. The van der Waals surface area contributed by atoms with Gasteiger partial charge in [-0.1, -0.05) is 30.7 Å². The van der Waals surface area contributed by atoms with E-state index in [1.54, 1.807) is 0 Å². The van der Waals surface area contributed by atoms with Gasteiger partial charge in [-0.15, -0.1) is 0 Å². The lowest BCUT2D eigenvalue weighted by Crippen LogP contribution is -2.20. The fourth-order valence-electron chi connectivity index (χ4n) is 1.71. The van der Waals surface area contributed by atoms with Crippen molar-refractivity contribution in [1.29, 1.82) is 0 Å². The summed E-state index contributed by atoms with van der Waals surface area (Å²) >= 11 is 6.07. The maximum absolute atomic E-state index is 6.19. The van der Waals surface area contributed by atoms with Crippen molar-refractivity contribution in [2.24, 2.45) is 11.1 Å². The molecular weight excluding hydrogens is 194 g/mol. The van der Waals surface area contributed by atoms with Gasteiger partial charge in [0.15, 0.2) is 0 Å². The molecule has 1 aromatic rings. The Balaban J connectivity index is 2.28. The molecule has 14 heavy (non-hydrogen) atoms. The van der Waals surface area contributed by atoms with Crippen molar-refractivity contribution >= 4 is 11.6 Å². The Morgan fingerprint density at radius 3 is 2.57 bits per heavy atom. The molecule has 2 N–H and O–H groups in total. The summed E-state index contributed by atoms with van der Waals surface area (Å²) in [5.74, 6) is 0. The molecule has 0 radical (unpaired) electrons. The molecule has 1 atom stereocenters. The summed E-state index contributed by atoms with van der Waals surface area (Å²) in [5.41, 5.74) is 8.79. The SMILES string of the molecule is Cc1ccc(C(N)C2(C)CC2)cc1Cl. The Morgan fingerprint density at radius 2 is 2.07 bits per heavy atom. The van der Waals surface area contributed by atoms with E-state index in [2.05, 4.69) is 13.0 Å². The minimum absolute atomic E-state index is 0.139. The molecule has 1 saturated carbocycles. The van der Waals surface area contributed by atoms with Gasteiger partial charge in [0.05, 0.1) is 0 Å². The van der Waals surface area contributed by atoms with Crippen molar-refractivity contribution in [2.75, 3.05) is 0 Å². The molecule has 0 aromatic heterocycles. The maximum atomic E-state index is 6.19. The van der Waals surface area contributed by atoms with Crippen molar-refractivity contribution in [3.05, 3.63) is 34.3 Å². The van der Waals surface area contributed by atoms with Crippen LogP contribution in [0.5, 0.6) is 0 Å². The smallest absolute Gasteiger partial charge is 0.0438 e. The highest BCUT2D eigenvalue weighted by Crippen LogP contribution is 2.53. The third kappa shape index (κ3) is 1.67. The first-order valence-corrected chi connectivity index (χ1v) is 5.42. The number of rotatable bonds is 2. The fourth-order valence-corrected chi connectivity index (χ4v) is 1.90. The summed E-state index contributed by atoms with van der Waals surface area (Å²) in [7, 11) is 0. The summed E-state index contributed by atoms with van der Waals surface area (Å²) in [6.45, 7) is 4.25. The zero-order valence-electron chi connectivity index (χ0n) is 8.68. The quantitative estimate of drug-likeness (QED) is 0.794. The van der Waals surface area contributed by atoms with Gasteiger partial charge in [-0.3, -0.25) is 0 Å². The number of nitrogens with two attached hydrogens (primary N) is 1. The lowest BCUT2D eigenvalue weighted by molar-refractivity contribution is 0.451. The highest BCUT2D eigenvalue weighted by atomic mass is 35.5. The van der Waals surface area contributed by atoms with E-state index in [1.807, 2.05) is 19.1 Å². The topological polar surface area (TPSA) is 26.0 Å². The van der Waals surface area contributed by atoms with Crippen molar-refractivity contribution < 1.29 is 0 Å². The number of benzene rings is 1. The van der Waals surface area contributed by atoms with E-state index in [0.717, 1.165) is 10.6 Å². The normalized spacial score (nSPS) is 20.6. The Morgan fingerprint density at radius 1 is 1.43 bits per heavy atom. The van der Waals surface area contributed by atoms with Gasteiger partial charge < -0.3 is 5.73 Å². The van der Waals surface area contributed by atoms with E-state index in [-0.39, 0.29) is 6.04 Å². The van der Waals surface area contributed by atoms with Crippen LogP contribution in [0.15, 0.2) is 18.2 Å². The van der Waals surface area contributed by atoms with Crippen LogP contribution in [0.2, 0.25) is 5.02 Å². The van der Waals surface area contributed by atoms with E-state index in [9.17, 15) is 0 Å². The monoisotopic (exact) mass is 209 g/mol. The molecule has 1 fully saturated rings. The maximum Gasteiger partial charge on any atom is 0.0438 e. The Kier molecular flexibility index (Phi) is 2.32. The third-order valence-electron chi connectivity index (χ3n) is 3.34. The van der Waals surface area contributed by atoms with Crippen LogP contribution in [0, 0.1) is 12.3 Å². The Bertz CT molecular complexity index is 355. The second-order valence-corrected chi connectivity index (χ2v) is 5.05. The summed E-state index contributed by atoms with van der Waals surface area (Å²) in [4.78, 5) is 0. The van der Waals surface area contributed by atoms with Crippen LogP contribution in [-0.2, 0) is 0 Å². The van der Waals surface area contributed by atoms with Gasteiger partial charge in [0.2, 0.25) is 0 Å². The molecule has 1 aromatic carbocycles. The fraction of sp³-hybridized carbons (Fsp3) is 0.500. The predicted molar refractivity (Wildman–Crippen MR) is 60.5 cm³/mol. The highest BCUT2D eigenvalue weighted by Gasteiger charge is 2.43. The number of halogens is 1. The lowest BCUT2D eigenvalue weighted by Gasteiger charge is -2.19. The van der Waals surface area contributed by atoms with Crippen LogP contribution in [0.3, 0.4) is 0 Å². The molecule has 1 aliphatic rings. The molecule has 1 aliphatic carbocycles. The molecule has 1 unspecified atom stereocenters. The second-order valence-electron chi connectivity index (χ2n) is 4.64. The van der Waals surface area contributed by atoms with Crippen molar-refractivity contribution in [3.63, 3.8) is 0 Å². The van der Waals surface area contributed by atoms with Gasteiger partial charge >= 0.3 is 0 Å². The second kappa shape index (κ2) is 3.25. The van der Waals surface area contributed by atoms with Crippen LogP contribution in [-0.4, -0.2) is 0 Å². The molecule has 0 spiro atoms. The van der Waals surface area contributed by atoms with Crippen molar-refractivity contribution in [3.8, 4) is 0 Å². The Labute approximate surface area is 90.3 Å². The number of hydrogen-bond acceptors (Lipinski definition) is 1. The average molecular weight is 210 g/mol. The number of hydrogen-bond donors (Lipinski definition) is 1. The minimum Gasteiger partial charge on any atom is -0.323 e. The Hall–Kier alpha value is -0.530. The zero-order valence-corrected chi connectivity index (χ0v) is 9.43. The molecule has 1 nitrogen and oxygen atoms in total. The van der Waals surface area contributed by atoms with Crippen molar-refractivity contribution in [2.45, 2.75) is 32.7 Å². The third-order valence-corrected chi connectivity index (χ3v) is 3.75. The minimum atomic E-state index is 0.139. The summed E-state index contributed by atoms with van der Waals surface area (Å²) in [6, 6.07) is 6.28. The predicted octanol–water partition coefficient (Wildman–Crippen LogP) is 3.45. The largest absolute Gasteiger partial charge is 0.323 e. The summed E-state index contributed by atoms with van der Waals surface area (Å²) in [5, 5.41) is 0.821. The molecular formula is C12H16ClN. The average Bonchev–Trinajstić information content (AvgIpc) is 2.89. The molecule has 0 heterocycles. The van der Waals surface area contributed by atoms with E-state index < -0.39 is 0 Å². The standard InChI is InChI=1S/C12H16ClN/c1-8-3-4-9(7-10(8)13)11(14)12(2)5-6-12/h3-4,7,11H,5-6,14H2,1-2H3. The zero-order chi connectivity index (χ0) is 10.3. The van der Waals surface area contributed by atoms with E-state index in [4.69, 9.17) is 17.3 Å². The van der Waals surface area contributed by atoms with Crippen LogP contribution >= 0.6 is 11.6 Å². The van der Waals surface area contributed by atoms with Crippen LogP contribution in [0.25, 0.3) is 0 Å². The van der Waals surface area contributed by atoms with E-state index in [1.165, 1.54) is 18.4 Å².